The largest absolute Gasteiger partial charge is 0.378 e. The molecular weight excluding hydrogens is 243 g/mol. The zero-order chi connectivity index (χ0) is 12.4. The average molecular weight is 257 g/mol. The molecule has 4 heteroatoms. The van der Waals surface area contributed by atoms with Gasteiger partial charge in [0, 0.05) is 24.0 Å². The van der Waals surface area contributed by atoms with Crippen molar-refractivity contribution in [2.24, 2.45) is 5.92 Å². The SMILES string of the molecule is CC1OCCC1C(=O)Cc1ccc(F)cc1Cl. The van der Waals surface area contributed by atoms with Crippen molar-refractivity contribution in [3.8, 4) is 0 Å². The maximum atomic E-state index is 12.9. The third kappa shape index (κ3) is 2.85. The van der Waals surface area contributed by atoms with Gasteiger partial charge in [0.1, 0.15) is 11.6 Å². The number of hydrogen-bond acceptors (Lipinski definition) is 2. The molecule has 2 unspecified atom stereocenters. The van der Waals surface area contributed by atoms with E-state index in [-0.39, 0.29) is 30.0 Å². The van der Waals surface area contributed by atoms with Gasteiger partial charge in [-0.25, -0.2) is 4.39 Å². The highest BCUT2D eigenvalue weighted by Gasteiger charge is 2.30. The number of Topliss-reactive ketones (excluding diaryl/α,β-unsaturated/α-hetero) is 1. The summed E-state index contributed by atoms with van der Waals surface area (Å²) in [6.07, 6.45) is 0.984. The van der Waals surface area contributed by atoms with Crippen molar-refractivity contribution in [1.29, 1.82) is 0 Å². The Labute approximate surface area is 105 Å². The van der Waals surface area contributed by atoms with Gasteiger partial charge in [-0.1, -0.05) is 17.7 Å². The van der Waals surface area contributed by atoms with Crippen LogP contribution in [0.1, 0.15) is 18.9 Å². The molecule has 1 aliphatic rings. The number of halogens is 2. The molecule has 0 radical (unpaired) electrons. The monoisotopic (exact) mass is 256 g/mol. The molecule has 0 N–H and O–H groups in total. The Morgan fingerprint density at radius 3 is 2.94 bits per heavy atom. The Bertz CT molecular complexity index is 433. The molecule has 0 aliphatic carbocycles. The molecule has 0 bridgehead atoms. The Morgan fingerprint density at radius 2 is 2.35 bits per heavy atom. The first-order chi connectivity index (χ1) is 8.08. The van der Waals surface area contributed by atoms with Crippen LogP contribution in [0.2, 0.25) is 5.02 Å². The number of hydrogen-bond donors (Lipinski definition) is 0. The molecule has 0 aromatic heterocycles. The number of benzene rings is 1. The summed E-state index contributed by atoms with van der Waals surface area (Å²) in [6.45, 7) is 2.54. The van der Waals surface area contributed by atoms with Gasteiger partial charge in [-0.2, -0.15) is 0 Å². The highest BCUT2D eigenvalue weighted by molar-refractivity contribution is 6.31. The lowest BCUT2D eigenvalue weighted by atomic mass is 9.93. The molecule has 1 aromatic rings. The summed E-state index contributed by atoms with van der Waals surface area (Å²) < 4.78 is 18.2. The van der Waals surface area contributed by atoms with Crippen molar-refractivity contribution in [3.05, 3.63) is 34.6 Å². The lowest BCUT2D eigenvalue weighted by molar-refractivity contribution is -0.123. The van der Waals surface area contributed by atoms with Crippen LogP contribution in [0.5, 0.6) is 0 Å². The quantitative estimate of drug-likeness (QED) is 0.831. The van der Waals surface area contributed by atoms with E-state index in [2.05, 4.69) is 0 Å². The van der Waals surface area contributed by atoms with Crippen molar-refractivity contribution in [1.82, 2.24) is 0 Å². The molecule has 1 saturated heterocycles. The second-order valence-corrected chi connectivity index (χ2v) is 4.76. The molecule has 2 nitrogen and oxygen atoms in total. The zero-order valence-electron chi connectivity index (χ0n) is 9.58. The lowest BCUT2D eigenvalue weighted by Gasteiger charge is -2.13. The maximum Gasteiger partial charge on any atom is 0.143 e. The van der Waals surface area contributed by atoms with Gasteiger partial charge in [-0.05, 0) is 31.0 Å². The standard InChI is InChI=1S/C13H14ClFO2/c1-8-11(4-5-17-8)13(16)6-9-2-3-10(15)7-12(9)14/h2-3,7-8,11H,4-6H2,1H3. The maximum absolute atomic E-state index is 12.9. The first-order valence-electron chi connectivity index (χ1n) is 5.66. The van der Waals surface area contributed by atoms with Gasteiger partial charge in [0.2, 0.25) is 0 Å². The average Bonchev–Trinajstić information content (AvgIpc) is 2.68. The van der Waals surface area contributed by atoms with Crippen molar-refractivity contribution < 1.29 is 13.9 Å². The Kier molecular flexibility index (Phi) is 3.79. The first kappa shape index (κ1) is 12.5. The molecule has 0 saturated carbocycles. The van der Waals surface area contributed by atoms with E-state index >= 15 is 0 Å². The predicted octanol–water partition coefficient (Wildman–Crippen LogP) is 3.02. The minimum Gasteiger partial charge on any atom is -0.378 e. The highest BCUT2D eigenvalue weighted by Crippen LogP contribution is 2.25. The van der Waals surface area contributed by atoms with Gasteiger partial charge in [0.05, 0.1) is 6.10 Å². The summed E-state index contributed by atoms with van der Waals surface area (Å²) in [5, 5.41) is 0.310. The topological polar surface area (TPSA) is 26.3 Å². The molecule has 92 valence electrons. The second-order valence-electron chi connectivity index (χ2n) is 4.35. The summed E-state index contributed by atoms with van der Waals surface area (Å²) in [5.41, 5.74) is 0.678. The van der Waals surface area contributed by atoms with Crippen LogP contribution in [0, 0.1) is 11.7 Å². The van der Waals surface area contributed by atoms with E-state index in [1.54, 1.807) is 6.07 Å². The molecular formula is C13H14ClFO2. The first-order valence-corrected chi connectivity index (χ1v) is 6.04. The van der Waals surface area contributed by atoms with E-state index in [1.807, 2.05) is 6.92 Å². The number of ether oxygens (including phenoxy) is 1. The van der Waals surface area contributed by atoms with Crippen LogP contribution in [0.25, 0.3) is 0 Å². The summed E-state index contributed by atoms with van der Waals surface area (Å²) in [6, 6.07) is 4.12. The molecule has 1 heterocycles. The van der Waals surface area contributed by atoms with Crippen LogP contribution in [0.15, 0.2) is 18.2 Å². The smallest absolute Gasteiger partial charge is 0.143 e. The van der Waals surface area contributed by atoms with Crippen molar-refractivity contribution in [2.75, 3.05) is 6.61 Å². The minimum atomic E-state index is -0.385. The molecule has 2 atom stereocenters. The fourth-order valence-electron chi connectivity index (χ4n) is 2.14. The molecule has 0 spiro atoms. The Hall–Kier alpha value is -0.930. The number of rotatable bonds is 3. The van der Waals surface area contributed by atoms with Gasteiger partial charge in [-0.3, -0.25) is 4.79 Å². The highest BCUT2D eigenvalue weighted by atomic mass is 35.5. The molecule has 1 aliphatic heterocycles. The molecule has 2 rings (SSSR count). The van der Waals surface area contributed by atoms with Crippen LogP contribution in [0.3, 0.4) is 0 Å². The normalized spacial score (nSPS) is 23.9. The molecule has 1 fully saturated rings. The van der Waals surface area contributed by atoms with E-state index in [4.69, 9.17) is 16.3 Å². The lowest BCUT2D eigenvalue weighted by Crippen LogP contribution is -2.23. The number of ketones is 1. The van der Waals surface area contributed by atoms with Gasteiger partial charge < -0.3 is 4.74 Å². The minimum absolute atomic E-state index is 0.0262. The summed E-state index contributed by atoms with van der Waals surface area (Å²) >= 11 is 5.89. The van der Waals surface area contributed by atoms with E-state index in [0.29, 0.717) is 17.2 Å². The number of carbonyl (C=O) groups excluding carboxylic acids is 1. The second kappa shape index (κ2) is 5.15. The summed E-state index contributed by atoms with van der Waals surface area (Å²) in [5.74, 6) is -0.330. The van der Waals surface area contributed by atoms with Crippen LogP contribution >= 0.6 is 11.6 Å². The van der Waals surface area contributed by atoms with Crippen molar-refractivity contribution in [2.45, 2.75) is 25.9 Å². The van der Waals surface area contributed by atoms with Gasteiger partial charge in [-0.15, -0.1) is 0 Å². The van der Waals surface area contributed by atoms with Crippen LogP contribution in [-0.2, 0) is 16.0 Å². The van der Waals surface area contributed by atoms with Crippen LogP contribution in [0.4, 0.5) is 4.39 Å². The molecule has 0 amide bonds. The van der Waals surface area contributed by atoms with Gasteiger partial charge >= 0.3 is 0 Å². The third-order valence-corrected chi connectivity index (χ3v) is 3.52. The van der Waals surface area contributed by atoms with Crippen LogP contribution in [-0.4, -0.2) is 18.5 Å². The summed E-state index contributed by atoms with van der Waals surface area (Å²) in [4.78, 5) is 12.0. The van der Waals surface area contributed by atoms with Gasteiger partial charge in [0.25, 0.3) is 0 Å². The van der Waals surface area contributed by atoms with E-state index < -0.39 is 0 Å². The molecule has 17 heavy (non-hydrogen) atoms. The van der Waals surface area contributed by atoms with Gasteiger partial charge in [0.15, 0.2) is 0 Å². The zero-order valence-corrected chi connectivity index (χ0v) is 10.3. The van der Waals surface area contributed by atoms with E-state index in [9.17, 15) is 9.18 Å². The number of carbonyl (C=O) groups is 1. The predicted molar refractivity (Wildman–Crippen MR) is 63.6 cm³/mol. The molecule has 1 aromatic carbocycles. The summed E-state index contributed by atoms with van der Waals surface area (Å²) in [7, 11) is 0. The Balaban J connectivity index is 2.07. The fraction of sp³-hybridized carbons (Fsp3) is 0.462. The van der Waals surface area contributed by atoms with E-state index in [0.717, 1.165) is 6.42 Å². The third-order valence-electron chi connectivity index (χ3n) is 3.17. The Morgan fingerprint density at radius 1 is 1.59 bits per heavy atom. The fourth-order valence-corrected chi connectivity index (χ4v) is 2.37. The van der Waals surface area contributed by atoms with Crippen molar-refractivity contribution in [3.63, 3.8) is 0 Å². The van der Waals surface area contributed by atoms with E-state index in [1.165, 1.54) is 12.1 Å². The van der Waals surface area contributed by atoms with Crippen LogP contribution < -0.4 is 0 Å². The van der Waals surface area contributed by atoms with Crippen molar-refractivity contribution >= 4 is 17.4 Å².